The molecule has 0 unspecified atom stereocenters. The van der Waals surface area contributed by atoms with E-state index in [-0.39, 0.29) is 11.5 Å². The van der Waals surface area contributed by atoms with Gasteiger partial charge in [-0.25, -0.2) is 0 Å². The molecule has 24 heavy (non-hydrogen) atoms. The van der Waals surface area contributed by atoms with Crippen LogP contribution in [-0.2, 0) is 6.54 Å². The van der Waals surface area contributed by atoms with E-state index in [4.69, 9.17) is 0 Å². The molecule has 0 saturated carbocycles. The second kappa shape index (κ2) is 6.48. The van der Waals surface area contributed by atoms with Gasteiger partial charge in [0.15, 0.2) is 0 Å². The molecule has 1 aromatic heterocycles. The molecule has 0 atom stereocenters. The lowest BCUT2D eigenvalue weighted by molar-refractivity contribution is 0.0773. The van der Waals surface area contributed by atoms with Crippen molar-refractivity contribution < 1.29 is 4.79 Å². The van der Waals surface area contributed by atoms with Crippen LogP contribution >= 0.6 is 0 Å². The number of hydrogen-bond donors (Lipinski definition) is 0. The number of amides is 1. The number of benzene rings is 2. The van der Waals surface area contributed by atoms with Gasteiger partial charge in [-0.2, -0.15) is 0 Å². The zero-order valence-corrected chi connectivity index (χ0v) is 14.4. The van der Waals surface area contributed by atoms with Gasteiger partial charge < -0.3 is 9.47 Å². The van der Waals surface area contributed by atoms with Crippen molar-refractivity contribution in [2.45, 2.75) is 27.3 Å². The second-order valence-electron chi connectivity index (χ2n) is 5.80. The molecule has 3 rings (SSSR count). The summed E-state index contributed by atoms with van der Waals surface area (Å²) in [4.78, 5) is 27.2. The van der Waals surface area contributed by atoms with Gasteiger partial charge >= 0.3 is 0 Å². The zero-order valence-electron chi connectivity index (χ0n) is 14.4. The van der Waals surface area contributed by atoms with Crippen LogP contribution in [-0.4, -0.2) is 28.5 Å². The normalized spacial score (nSPS) is 11.1. The van der Waals surface area contributed by atoms with Gasteiger partial charge in [-0.05, 0) is 50.4 Å². The van der Waals surface area contributed by atoms with E-state index >= 15 is 0 Å². The van der Waals surface area contributed by atoms with Crippen molar-refractivity contribution in [2.24, 2.45) is 0 Å². The maximum atomic E-state index is 12.7. The maximum absolute atomic E-state index is 12.7. The van der Waals surface area contributed by atoms with Crippen molar-refractivity contribution >= 4 is 27.6 Å². The molecule has 124 valence electrons. The Morgan fingerprint density at radius 3 is 2.25 bits per heavy atom. The minimum Gasteiger partial charge on any atom is -0.339 e. The summed E-state index contributed by atoms with van der Waals surface area (Å²) in [6, 6.07) is 13.2. The molecule has 0 bridgehead atoms. The number of carbonyl (C=O) groups is 1. The van der Waals surface area contributed by atoms with Crippen molar-refractivity contribution in [1.82, 2.24) is 9.47 Å². The van der Waals surface area contributed by atoms with Crippen molar-refractivity contribution in [3.63, 3.8) is 0 Å². The van der Waals surface area contributed by atoms with Gasteiger partial charge in [0, 0.05) is 36.0 Å². The molecular weight excluding hydrogens is 300 g/mol. The zero-order chi connectivity index (χ0) is 17.3. The summed E-state index contributed by atoms with van der Waals surface area (Å²) in [5, 5.41) is 2.54. The molecule has 1 heterocycles. The molecule has 0 N–H and O–H groups in total. The van der Waals surface area contributed by atoms with E-state index < -0.39 is 0 Å². The number of rotatable bonds is 4. The van der Waals surface area contributed by atoms with E-state index in [0.29, 0.717) is 30.6 Å². The van der Waals surface area contributed by atoms with Crippen LogP contribution < -0.4 is 5.56 Å². The molecule has 0 radical (unpaired) electrons. The minimum absolute atomic E-state index is 0.0171. The van der Waals surface area contributed by atoms with Gasteiger partial charge in [0.05, 0.1) is 5.52 Å². The highest BCUT2D eigenvalue weighted by Gasteiger charge is 2.15. The summed E-state index contributed by atoms with van der Waals surface area (Å²) in [6.07, 6.45) is 0. The van der Waals surface area contributed by atoms with Crippen LogP contribution in [0.3, 0.4) is 0 Å². The van der Waals surface area contributed by atoms with Crippen LogP contribution in [0, 0.1) is 0 Å². The molecule has 4 nitrogen and oxygen atoms in total. The van der Waals surface area contributed by atoms with Gasteiger partial charge in [-0.15, -0.1) is 0 Å². The van der Waals surface area contributed by atoms with Crippen LogP contribution in [0.2, 0.25) is 0 Å². The Bertz CT molecular complexity index is 968. The number of nitrogens with zero attached hydrogens (tertiary/aromatic N) is 2. The van der Waals surface area contributed by atoms with Crippen LogP contribution in [0.5, 0.6) is 0 Å². The number of fused-ring (bicyclic) bond motifs is 3. The fraction of sp³-hybridized carbons (Fsp3) is 0.300. The molecule has 4 heteroatoms. The van der Waals surface area contributed by atoms with E-state index in [1.54, 1.807) is 9.47 Å². The molecule has 0 aliphatic carbocycles. The van der Waals surface area contributed by atoms with Gasteiger partial charge in [-0.1, -0.05) is 18.2 Å². The summed E-state index contributed by atoms with van der Waals surface area (Å²) in [5.41, 5.74) is 1.55. The number of pyridine rings is 1. The van der Waals surface area contributed by atoms with E-state index in [0.717, 1.165) is 16.3 Å². The molecule has 0 saturated heterocycles. The monoisotopic (exact) mass is 322 g/mol. The minimum atomic E-state index is 0.0171. The predicted octanol–water partition coefficient (Wildman–Crippen LogP) is 3.66. The van der Waals surface area contributed by atoms with Crippen molar-refractivity contribution in [3.8, 4) is 0 Å². The number of aromatic nitrogens is 1. The van der Waals surface area contributed by atoms with Crippen LogP contribution in [0.25, 0.3) is 21.7 Å². The van der Waals surface area contributed by atoms with Crippen LogP contribution in [0.1, 0.15) is 31.1 Å². The third kappa shape index (κ3) is 2.48. The predicted molar refractivity (Wildman–Crippen MR) is 98.6 cm³/mol. The summed E-state index contributed by atoms with van der Waals surface area (Å²) in [7, 11) is 0. The Balaban J connectivity index is 2.33. The molecule has 0 aliphatic rings. The Labute approximate surface area is 141 Å². The summed E-state index contributed by atoms with van der Waals surface area (Å²) < 4.78 is 1.77. The van der Waals surface area contributed by atoms with E-state index in [2.05, 4.69) is 0 Å². The van der Waals surface area contributed by atoms with Gasteiger partial charge in [0.2, 0.25) is 0 Å². The highest BCUT2D eigenvalue weighted by atomic mass is 16.2. The smallest absolute Gasteiger partial charge is 0.258 e. The van der Waals surface area contributed by atoms with Gasteiger partial charge in [-0.3, -0.25) is 9.59 Å². The first-order chi connectivity index (χ1) is 11.6. The van der Waals surface area contributed by atoms with E-state index in [1.165, 1.54) is 0 Å². The van der Waals surface area contributed by atoms with Gasteiger partial charge in [0.1, 0.15) is 0 Å². The average molecular weight is 322 g/mol. The first kappa shape index (κ1) is 16.2. The van der Waals surface area contributed by atoms with Crippen molar-refractivity contribution in [3.05, 3.63) is 58.4 Å². The molecule has 3 aromatic rings. The lowest BCUT2D eigenvalue weighted by Gasteiger charge is -2.19. The van der Waals surface area contributed by atoms with E-state index in [1.807, 2.05) is 63.2 Å². The Morgan fingerprint density at radius 2 is 1.62 bits per heavy atom. The van der Waals surface area contributed by atoms with Gasteiger partial charge in [0.25, 0.3) is 11.5 Å². The molecule has 0 aliphatic heterocycles. The molecule has 0 spiro atoms. The average Bonchev–Trinajstić information content (AvgIpc) is 2.63. The Hall–Kier alpha value is -2.62. The standard InChI is InChI=1S/C20H22N2O2/c1-4-21(5-2)19(23)14-11-12-18-17(13-14)15-9-7-8-10-16(15)20(24)22(18)6-3/h7-13H,4-6H2,1-3H3. The molecule has 2 aromatic carbocycles. The Kier molecular flexibility index (Phi) is 4.38. The first-order valence-electron chi connectivity index (χ1n) is 8.46. The summed E-state index contributed by atoms with van der Waals surface area (Å²) >= 11 is 0. The highest BCUT2D eigenvalue weighted by molar-refractivity contribution is 6.08. The summed E-state index contributed by atoms with van der Waals surface area (Å²) in [6.45, 7) is 7.89. The topological polar surface area (TPSA) is 42.3 Å². The fourth-order valence-electron chi connectivity index (χ4n) is 3.29. The largest absolute Gasteiger partial charge is 0.339 e. The SMILES string of the molecule is CCN(CC)C(=O)c1ccc2c(c1)c1ccccc1c(=O)n2CC. The van der Waals surface area contributed by atoms with Crippen molar-refractivity contribution in [1.29, 1.82) is 0 Å². The maximum Gasteiger partial charge on any atom is 0.258 e. The third-order valence-corrected chi connectivity index (χ3v) is 4.59. The molecule has 0 fully saturated rings. The highest BCUT2D eigenvalue weighted by Crippen LogP contribution is 2.24. The lowest BCUT2D eigenvalue weighted by Crippen LogP contribution is -2.30. The Morgan fingerprint density at radius 1 is 0.958 bits per heavy atom. The van der Waals surface area contributed by atoms with Crippen molar-refractivity contribution in [2.75, 3.05) is 13.1 Å². The summed E-state index contributed by atoms with van der Waals surface area (Å²) in [5.74, 6) is 0.0280. The molecule has 1 amide bonds. The van der Waals surface area contributed by atoms with Crippen LogP contribution in [0.15, 0.2) is 47.3 Å². The number of hydrogen-bond acceptors (Lipinski definition) is 2. The fourth-order valence-corrected chi connectivity index (χ4v) is 3.29. The first-order valence-corrected chi connectivity index (χ1v) is 8.46. The quantitative estimate of drug-likeness (QED) is 0.688. The van der Waals surface area contributed by atoms with E-state index in [9.17, 15) is 9.59 Å². The lowest BCUT2D eigenvalue weighted by atomic mass is 10.0. The second-order valence-corrected chi connectivity index (χ2v) is 5.80. The van der Waals surface area contributed by atoms with Crippen LogP contribution in [0.4, 0.5) is 0 Å². The number of aryl methyl sites for hydroxylation is 1. The third-order valence-electron chi connectivity index (χ3n) is 4.59. The number of carbonyl (C=O) groups excluding carboxylic acids is 1. The molecular formula is C20H22N2O2.